The molecular weight excluding hydrogens is 116 g/mol. The molecule has 2 N–H and O–H groups in total. The highest BCUT2D eigenvalue weighted by molar-refractivity contribution is 5.75. The van der Waals surface area contributed by atoms with Gasteiger partial charge in [0.2, 0.25) is 5.91 Å². The molecule has 0 aliphatic heterocycles. The van der Waals surface area contributed by atoms with Gasteiger partial charge < -0.3 is 0 Å². The first-order chi connectivity index (χ1) is 4.04. The van der Waals surface area contributed by atoms with E-state index < -0.39 is 0 Å². The number of hydrogen-bond acceptors (Lipinski definition) is 2. The summed E-state index contributed by atoms with van der Waals surface area (Å²) in [5.41, 5.74) is 0. The Hall–Kier alpha value is -0.570. The Morgan fingerprint density at radius 1 is 1.67 bits per heavy atom. The molecule has 0 saturated heterocycles. The first-order valence-corrected chi connectivity index (χ1v) is 3.05. The van der Waals surface area contributed by atoms with Crippen molar-refractivity contribution in [2.45, 2.75) is 20.3 Å². The van der Waals surface area contributed by atoms with Crippen LogP contribution < -0.4 is 5.84 Å². The maximum Gasteiger partial charge on any atom is 0.236 e. The number of hydrazine groups is 1. The normalized spacial score (nSPS) is 9.89. The Kier molecular flexibility index (Phi) is 3.24. The van der Waals surface area contributed by atoms with Gasteiger partial charge in [-0.25, -0.2) is 5.84 Å². The number of hydrogen-bond donors (Lipinski definition) is 1. The van der Waals surface area contributed by atoms with Crippen molar-refractivity contribution < 1.29 is 4.79 Å². The highest BCUT2D eigenvalue weighted by Gasteiger charge is 2.05. The van der Waals surface area contributed by atoms with Gasteiger partial charge in [0, 0.05) is 13.5 Å². The quantitative estimate of drug-likeness (QED) is 0.333. The second-order valence-electron chi connectivity index (χ2n) is 2.60. The molecule has 0 aromatic heterocycles. The van der Waals surface area contributed by atoms with Gasteiger partial charge in [-0.05, 0) is 5.92 Å². The third-order valence-electron chi connectivity index (χ3n) is 0.976. The highest BCUT2D eigenvalue weighted by Crippen LogP contribution is 1.99. The third-order valence-corrected chi connectivity index (χ3v) is 0.976. The van der Waals surface area contributed by atoms with Crippen molar-refractivity contribution in [3.05, 3.63) is 0 Å². The molecule has 0 radical (unpaired) electrons. The van der Waals surface area contributed by atoms with Crippen LogP contribution in [0, 0.1) is 5.92 Å². The smallest absolute Gasteiger partial charge is 0.236 e. The molecule has 3 nitrogen and oxygen atoms in total. The van der Waals surface area contributed by atoms with Crippen LogP contribution in [-0.4, -0.2) is 18.0 Å². The van der Waals surface area contributed by atoms with Gasteiger partial charge in [-0.15, -0.1) is 0 Å². The first-order valence-electron chi connectivity index (χ1n) is 3.05. The molecule has 54 valence electrons. The lowest BCUT2D eigenvalue weighted by atomic mass is 10.1. The lowest BCUT2D eigenvalue weighted by Crippen LogP contribution is -2.33. The number of nitrogens with two attached hydrogens (primary N) is 1. The van der Waals surface area contributed by atoms with Crippen molar-refractivity contribution in [1.29, 1.82) is 0 Å². The van der Waals surface area contributed by atoms with Crippen LogP contribution in [0.1, 0.15) is 20.3 Å². The average Bonchev–Trinajstić information content (AvgIpc) is 1.63. The van der Waals surface area contributed by atoms with E-state index in [1.54, 1.807) is 7.05 Å². The van der Waals surface area contributed by atoms with E-state index in [2.05, 4.69) is 0 Å². The SMILES string of the molecule is CC(C)CC(=O)N(C)N. The molecule has 1 amide bonds. The van der Waals surface area contributed by atoms with E-state index in [1.165, 1.54) is 0 Å². The minimum Gasteiger partial charge on any atom is -0.284 e. The van der Waals surface area contributed by atoms with Crippen molar-refractivity contribution in [2.24, 2.45) is 11.8 Å². The molecule has 0 aromatic rings. The van der Waals surface area contributed by atoms with Crippen LogP contribution in [0.2, 0.25) is 0 Å². The zero-order valence-corrected chi connectivity index (χ0v) is 6.22. The Morgan fingerprint density at radius 3 is 2.22 bits per heavy atom. The van der Waals surface area contributed by atoms with E-state index >= 15 is 0 Å². The zero-order valence-electron chi connectivity index (χ0n) is 6.22. The Labute approximate surface area is 55.8 Å². The monoisotopic (exact) mass is 130 g/mol. The molecule has 3 heteroatoms. The van der Waals surface area contributed by atoms with Crippen molar-refractivity contribution in [1.82, 2.24) is 5.01 Å². The van der Waals surface area contributed by atoms with Crippen LogP contribution in [-0.2, 0) is 4.79 Å². The fraction of sp³-hybridized carbons (Fsp3) is 0.833. The summed E-state index contributed by atoms with van der Waals surface area (Å²) in [5, 5.41) is 1.12. The van der Waals surface area contributed by atoms with E-state index in [1.807, 2.05) is 13.8 Å². The molecule has 0 unspecified atom stereocenters. The van der Waals surface area contributed by atoms with Crippen LogP contribution in [0.4, 0.5) is 0 Å². The van der Waals surface area contributed by atoms with Crippen molar-refractivity contribution in [3.8, 4) is 0 Å². The summed E-state index contributed by atoms with van der Waals surface area (Å²) in [6, 6.07) is 0. The van der Waals surface area contributed by atoms with Crippen LogP contribution in [0.25, 0.3) is 0 Å². The van der Waals surface area contributed by atoms with Crippen LogP contribution in [0.15, 0.2) is 0 Å². The molecule has 0 rings (SSSR count). The maximum atomic E-state index is 10.8. The van der Waals surface area contributed by atoms with Gasteiger partial charge >= 0.3 is 0 Å². The molecule has 9 heavy (non-hydrogen) atoms. The van der Waals surface area contributed by atoms with E-state index in [-0.39, 0.29) is 5.91 Å². The molecular formula is C6H14N2O. The molecule has 0 heterocycles. The van der Waals surface area contributed by atoms with Gasteiger partial charge in [-0.2, -0.15) is 0 Å². The van der Waals surface area contributed by atoms with Crippen LogP contribution in [0.5, 0.6) is 0 Å². The Bertz CT molecular complexity index is 99.2. The van der Waals surface area contributed by atoms with Gasteiger partial charge in [-0.3, -0.25) is 9.80 Å². The predicted molar refractivity (Wildman–Crippen MR) is 36.4 cm³/mol. The lowest BCUT2D eigenvalue weighted by molar-refractivity contribution is -0.130. The fourth-order valence-electron chi connectivity index (χ4n) is 0.493. The molecule has 0 aliphatic carbocycles. The Morgan fingerprint density at radius 2 is 2.11 bits per heavy atom. The maximum absolute atomic E-state index is 10.8. The molecule has 0 aromatic carbocycles. The fourth-order valence-corrected chi connectivity index (χ4v) is 0.493. The number of carbonyl (C=O) groups excluding carboxylic acids is 1. The summed E-state index contributed by atoms with van der Waals surface area (Å²) in [7, 11) is 1.56. The Balaban J connectivity index is 3.51. The second-order valence-corrected chi connectivity index (χ2v) is 2.60. The average molecular weight is 130 g/mol. The third kappa shape index (κ3) is 3.97. The van der Waals surface area contributed by atoms with Gasteiger partial charge in [0.15, 0.2) is 0 Å². The van der Waals surface area contributed by atoms with Gasteiger partial charge in [0.05, 0.1) is 0 Å². The largest absolute Gasteiger partial charge is 0.284 e. The number of amides is 1. The molecule has 0 atom stereocenters. The minimum atomic E-state index is -0.00926. The summed E-state index contributed by atoms with van der Waals surface area (Å²) in [4.78, 5) is 10.8. The second kappa shape index (κ2) is 3.45. The van der Waals surface area contributed by atoms with E-state index in [0.29, 0.717) is 12.3 Å². The highest BCUT2D eigenvalue weighted by atomic mass is 16.2. The number of carbonyl (C=O) groups is 1. The summed E-state index contributed by atoms with van der Waals surface area (Å²) in [5.74, 6) is 5.55. The lowest BCUT2D eigenvalue weighted by Gasteiger charge is -2.10. The molecule has 0 spiro atoms. The van der Waals surface area contributed by atoms with Crippen molar-refractivity contribution in [2.75, 3.05) is 7.05 Å². The number of rotatable bonds is 2. The van der Waals surface area contributed by atoms with Crippen molar-refractivity contribution in [3.63, 3.8) is 0 Å². The zero-order chi connectivity index (χ0) is 7.44. The molecule has 0 aliphatic rings. The molecule has 0 saturated carbocycles. The van der Waals surface area contributed by atoms with E-state index in [0.717, 1.165) is 5.01 Å². The van der Waals surface area contributed by atoms with Gasteiger partial charge in [-0.1, -0.05) is 13.8 Å². The van der Waals surface area contributed by atoms with E-state index in [9.17, 15) is 4.79 Å². The summed E-state index contributed by atoms with van der Waals surface area (Å²) < 4.78 is 0. The summed E-state index contributed by atoms with van der Waals surface area (Å²) in [6.45, 7) is 3.98. The van der Waals surface area contributed by atoms with Gasteiger partial charge in [0.1, 0.15) is 0 Å². The topological polar surface area (TPSA) is 46.3 Å². The van der Waals surface area contributed by atoms with Gasteiger partial charge in [0.25, 0.3) is 0 Å². The number of nitrogens with zero attached hydrogens (tertiary/aromatic N) is 1. The van der Waals surface area contributed by atoms with Crippen LogP contribution >= 0.6 is 0 Å². The molecule has 0 fully saturated rings. The predicted octanol–water partition coefficient (Wildman–Crippen LogP) is 0.365. The van der Waals surface area contributed by atoms with Crippen LogP contribution in [0.3, 0.4) is 0 Å². The summed E-state index contributed by atoms with van der Waals surface area (Å²) >= 11 is 0. The minimum absolute atomic E-state index is 0.00926. The van der Waals surface area contributed by atoms with Crippen molar-refractivity contribution >= 4 is 5.91 Å². The standard InChI is InChI=1S/C6H14N2O/c1-5(2)4-6(9)8(3)7/h5H,4,7H2,1-3H3. The molecule has 0 bridgehead atoms. The summed E-state index contributed by atoms with van der Waals surface area (Å²) in [6.07, 6.45) is 0.535. The van der Waals surface area contributed by atoms with E-state index in [4.69, 9.17) is 5.84 Å². The first kappa shape index (κ1) is 8.43.